The van der Waals surface area contributed by atoms with E-state index in [4.69, 9.17) is 5.11 Å². The minimum atomic E-state index is 0.254. The van der Waals surface area contributed by atoms with Gasteiger partial charge in [0, 0.05) is 6.04 Å². The molecular formula is C6H15NO. The van der Waals surface area contributed by atoms with Gasteiger partial charge in [-0.15, -0.1) is 0 Å². The molecule has 0 saturated heterocycles. The van der Waals surface area contributed by atoms with Crippen molar-refractivity contribution < 1.29 is 5.11 Å². The van der Waals surface area contributed by atoms with E-state index >= 15 is 0 Å². The normalized spacial score (nSPS) is 14.6. The summed E-state index contributed by atoms with van der Waals surface area (Å²) in [5.41, 5.74) is 0. The molecule has 2 heteroatoms. The fourth-order valence-corrected chi connectivity index (χ4v) is 0.451. The minimum Gasteiger partial charge on any atom is -0.395 e. The van der Waals surface area contributed by atoms with E-state index in [1.165, 1.54) is 0 Å². The molecule has 2 nitrogen and oxygen atoms in total. The zero-order valence-electron chi connectivity index (χ0n) is 5.89. The van der Waals surface area contributed by atoms with Crippen molar-refractivity contribution in [2.24, 2.45) is 0 Å². The van der Waals surface area contributed by atoms with Crippen LogP contribution in [0.4, 0.5) is 0 Å². The highest BCUT2D eigenvalue weighted by molar-refractivity contribution is 4.57. The third-order valence-corrected chi connectivity index (χ3v) is 1.52. The van der Waals surface area contributed by atoms with E-state index in [0.717, 1.165) is 6.54 Å². The zero-order valence-corrected chi connectivity index (χ0v) is 5.89. The largest absolute Gasteiger partial charge is 0.395 e. The maximum Gasteiger partial charge on any atom is 0.0584 e. The molecule has 8 heavy (non-hydrogen) atoms. The topological polar surface area (TPSA) is 23.5 Å². The standard InChI is InChI=1S/C6H15NO/c1-4-7(3)6(2)5-8/h6,8H,4-5H2,1-3H3/t6-/m1/s1. The van der Waals surface area contributed by atoms with Crippen LogP contribution in [0, 0.1) is 0 Å². The smallest absolute Gasteiger partial charge is 0.0584 e. The number of likely N-dealkylation sites (N-methyl/N-ethyl adjacent to an activating group) is 1. The molecule has 0 aromatic rings. The van der Waals surface area contributed by atoms with Crippen LogP contribution in [-0.4, -0.2) is 36.2 Å². The third kappa shape index (κ3) is 2.28. The van der Waals surface area contributed by atoms with Crippen LogP contribution < -0.4 is 0 Å². The molecule has 0 aromatic carbocycles. The molecule has 0 bridgehead atoms. The molecule has 0 fully saturated rings. The summed E-state index contributed by atoms with van der Waals surface area (Å²) in [6.07, 6.45) is 0. The molecule has 0 spiro atoms. The molecule has 50 valence electrons. The van der Waals surface area contributed by atoms with Crippen molar-refractivity contribution >= 4 is 0 Å². The van der Waals surface area contributed by atoms with Gasteiger partial charge in [0.15, 0.2) is 0 Å². The Hall–Kier alpha value is -0.0800. The summed E-state index contributed by atoms with van der Waals surface area (Å²) in [5, 5.41) is 8.59. The van der Waals surface area contributed by atoms with E-state index in [0.29, 0.717) is 6.04 Å². The minimum absolute atomic E-state index is 0.254. The first-order chi connectivity index (χ1) is 3.72. The lowest BCUT2D eigenvalue weighted by Crippen LogP contribution is -2.31. The van der Waals surface area contributed by atoms with Gasteiger partial charge in [0.1, 0.15) is 0 Å². The highest BCUT2D eigenvalue weighted by Crippen LogP contribution is 1.90. The summed E-state index contributed by atoms with van der Waals surface area (Å²) >= 11 is 0. The molecule has 0 aliphatic carbocycles. The van der Waals surface area contributed by atoms with Crippen molar-refractivity contribution in [1.29, 1.82) is 0 Å². The molecular weight excluding hydrogens is 102 g/mol. The lowest BCUT2D eigenvalue weighted by Gasteiger charge is -2.19. The second-order valence-corrected chi connectivity index (χ2v) is 2.10. The zero-order chi connectivity index (χ0) is 6.57. The maximum atomic E-state index is 8.59. The van der Waals surface area contributed by atoms with Crippen molar-refractivity contribution in [2.75, 3.05) is 20.2 Å². The van der Waals surface area contributed by atoms with Crippen LogP contribution in [0.1, 0.15) is 13.8 Å². The van der Waals surface area contributed by atoms with E-state index in [1.54, 1.807) is 0 Å². The van der Waals surface area contributed by atoms with E-state index in [2.05, 4.69) is 11.8 Å². The Morgan fingerprint density at radius 2 is 2.12 bits per heavy atom. The molecule has 0 heterocycles. The number of aliphatic hydroxyl groups excluding tert-OH is 1. The molecule has 0 unspecified atom stereocenters. The molecule has 0 amide bonds. The van der Waals surface area contributed by atoms with Gasteiger partial charge in [-0.1, -0.05) is 6.92 Å². The van der Waals surface area contributed by atoms with Crippen LogP contribution in [0.2, 0.25) is 0 Å². The van der Waals surface area contributed by atoms with E-state index < -0.39 is 0 Å². The molecule has 0 aliphatic rings. The molecule has 1 N–H and O–H groups in total. The van der Waals surface area contributed by atoms with Gasteiger partial charge in [-0.3, -0.25) is 0 Å². The summed E-state index contributed by atoms with van der Waals surface area (Å²) in [6.45, 7) is 5.34. The highest BCUT2D eigenvalue weighted by Gasteiger charge is 2.02. The summed E-state index contributed by atoms with van der Waals surface area (Å²) < 4.78 is 0. The Morgan fingerprint density at radius 1 is 1.62 bits per heavy atom. The average Bonchev–Trinajstić information content (AvgIpc) is 1.84. The predicted octanol–water partition coefficient (Wildman–Crippen LogP) is 0.319. The van der Waals surface area contributed by atoms with Crippen LogP contribution in [0.5, 0.6) is 0 Å². The average molecular weight is 117 g/mol. The molecule has 0 aliphatic heterocycles. The fourth-order valence-electron chi connectivity index (χ4n) is 0.451. The van der Waals surface area contributed by atoms with Gasteiger partial charge in [-0.2, -0.15) is 0 Å². The first kappa shape index (κ1) is 7.92. The third-order valence-electron chi connectivity index (χ3n) is 1.52. The summed E-state index contributed by atoms with van der Waals surface area (Å²) in [7, 11) is 2.00. The van der Waals surface area contributed by atoms with Crippen molar-refractivity contribution in [2.45, 2.75) is 19.9 Å². The quantitative estimate of drug-likeness (QED) is 0.575. The summed E-state index contributed by atoms with van der Waals surface area (Å²) in [5.74, 6) is 0. The molecule has 0 rings (SSSR count). The second kappa shape index (κ2) is 3.87. The maximum absolute atomic E-state index is 8.59. The number of aliphatic hydroxyl groups is 1. The molecule has 0 aromatic heterocycles. The van der Waals surface area contributed by atoms with Gasteiger partial charge < -0.3 is 10.0 Å². The monoisotopic (exact) mass is 117 g/mol. The van der Waals surface area contributed by atoms with Crippen molar-refractivity contribution in [1.82, 2.24) is 4.90 Å². The Bertz CT molecular complexity index is 48.5. The van der Waals surface area contributed by atoms with Gasteiger partial charge >= 0.3 is 0 Å². The van der Waals surface area contributed by atoms with Crippen LogP contribution >= 0.6 is 0 Å². The molecule has 0 saturated carbocycles. The van der Waals surface area contributed by atoms with E-state index in [9.17, 15) is 0 Å². The Labute approximate surface area is 51.1 Å². The first-order valence-corrected chi connectivity index (χ1v) is 3.03. The van der Waals surface area contributed by atoms with Gasteiger partial charge in [0.05, 0.1) is 6.61 Å². The van der Waals surface area contributed by atoms with Crippen LogP contribution in [0.3, 0.4) is 0 Å². The first-order valence-electron chi connectivity index (χ1n) is 3.03. The van der Waals surface area contributed by atoms with Crippen molar-refractivity contribution in [3.8, 4) is 0 Å². The van der Waals surface area contributed by atoms with Crippen molar-refractivity contribution in [3.05, 3.63) is 0 Å². The predicted molar refractivity (Wildman–Crippen MR) is 34.9 cm³/mol. The summed E-state index contributed by atoms with van der Waals surface area (Å²) in [6, 6.07) is 0.306. The van der Waals surface area contributed by atoms with Gasteiger partial charge in [-0.25, -0.2) is 0 Å². The van der Waals surface area contributed by atoms with E-state index in [-0.39, 0.29) is 6.61 Å². The van der Waals surface area contributed by atoms with Gasteiger partial charge in [0.25, 0.3) is 0 Å². The Balaban J connectivity index is 3.29. The Kier molecular flexibility index (Phi) is 3.83. The fraction of sp³-hybridized carbons (Fsp3) is 1.00. The lowest BCUT2D eigenvalue weighted by molar-refractivity contribution is 0.164. The highest BCUT2D eigenvalue weighted by atomic mass is 16.3. The second-order valence-electron chi connectivity index (χ2n) is 2.10. The van der Waals surface area contributed by atoms with Crippen LogP contribution in [0.25, 0.3) is 0 Å². The van der Waals surface area contributed by atoms with Crippen LogP contribution in [-0.2, 0) is 0 Å². The number of rotatable bonds is 3. The van der Waals surface area contributed by atoms with Crippen LogP contribution in [0.15, 0.2) is 0 Å². The number of nitrogens with zero attached hydrogens (tertiary/aromatic N) is 1. The number of hydrogen-bond acceptors (Lipinski definition) is 2. The number of hydrogen-bond donors (Lipinski definition) is 1. The van der Waals surface area contributed by atoms with E-state index in [1.807, 2.05) is 14.0 Å². The van der Waals surface area contributed by atoms with Crippen molar-refractivity contribution in [3.63, 3.8) is 0 Å². The lowest BCUT2D eigenvalue weighted by atomic mass is 10.3. The molecule has 1 atom stereocenters. The molecule has 0 radical (unpaired) electrons. The Morgan fingerprint density at radius 3 is 2.25 bits per heavy atom. The summed E-state index contributed by atoms with van der Waals surface area (Å²) in [4.78, 5) is 2.10. The van der Waals surface area contributed by atoms with Gasteiger partial charge in [0.2, 0.25) is 0 Å². The van der Waals surface area contributed by atoms with Gasteiger partial charge in [-0.05, 0) is 20.5 Å². The SMILES string of the molecule is CCN(C)[C@H](C)CO.